The van der Waals surface area contributed by atoms with Crippen molar-refractivity contribution < 1.29 is 0 Å². The van der Waals surface area contributed by atoms with E-state index in [1.165, 1.54) is 0 Å². The number of pyridine rings is 1. The number of aromatic nitrogens is 5. The van der Waals surface area contributed by atoms with E-state index in [4.69, 9.17) is 11.6 Å². The second-order valence-corrected chi connectivity index (χ2v) is 6.74. The van der Waals surface area contributed by atoms with E-state index in [1.807, 2.05) is 70.9 Å². The third-order valence-electron chi connectivity index (χ3n) is 3.68. The van der Waals surface area contributed by atoms with Crippen molar-refractivity contribution in [3.05, 3.63) is 65.6 Å². The molecular weight excluding hydrogens is 342 g/mol. The van der Waals surface area contributed by atoms with E-state index < -0.39 is 0 Å². The van der Waals surface area contributed by atoms with Gasteiger partial charge in [0.1, 0.15) is 5.65 Å². The lowest BCUT2D eigenvalue weighted by atomic mass is 10.2. The molecule has 3 aromatic heterocycles. The van der Waals surface area contributed by atoms with Crippen LogP contribution in [0.1, 0.15) is 5.69 Å². The Morgan fingerprint density at radius 2 is 1.88 bits per heavy atom. The summed E-state index contributed by atoms with van der Waals surface area (Å²) in [6.45, 7) is 0. The minimum Gasteiger partial charge on any atom is -0.305 e. The van der Waals surface area contributed by atoms with Crippen molar-refractivity contribution >= 4 is 29.0 Å². The van der Waals surface area contributed by atoms with Gasteiger partial charge in [0.05, 0.1) is 10.7 Å². The highest BCUT2D eigenvalue weighted by molar-refractivity contribution is 7.98. The maximum absolute atomic E-state index is 6.01. The van der Waals surface area contributed by atoms with Crippen LogP contribution in [0.4, 0.5) is 0 Å². The summed E-state index contributed by atoms with van der Waals surface area (Å²) in [5.41, 5.74) is 2.92. The smallest absolute Gasteiger partial charge is 0.191 e. The van der Waals surface area contributed by atoms with Gasteiger partial charge in [0.2, 0.25) is 0 Å². The summed E-state index contributed by atoms with van der Waals surface area (Å²) in [4.78, 5) is 4.59. The molecule has 4 rings (SSSR count). The summed E-state index contributed by atoms with van der Waals surface area (Å²) >= 11 is 7.62. The summed E-state index contributed by atoms with van der Waals surface area (Å²) in [5, 5.41) is 10.2. The third-order valence-corrected chi connectivity index (χ3v) is 4.96. The van der Waals surface area contributed by atoms with Crippen LogP contribution in [0.15, 0.2) is 60.0 Å². The van der Waals surface area contributed by atoms with Crippen LogP contribution in [0.25, 0.3) is 17.0 Å². The van der Waals surface area contributed by atoms with E-state index >= 15 is 0 Å². The number of rotatable bonds is 4. The molecule has 0 saturated heterocycles. The van der Waals surface area contributed by atoms with E-state index in [0.29, 0.717) is 5.02 Å². The molecule has 0 N–H and O–H groups in total. The first-order valence-electron chi connectivity index (χ1n) is 7.41. The Labute approximate surface area is 148 Å². The first kappa shape index (κ1) is 15.2. The van der Waals surface area contributed by atoms with Crippen LogP contribution in [0.2, 0.25) is 5.02 Å². The van der Waals surface area contributed by atoms with Gasteiger partial charge in [-0.05, 0) is 12.1 Å². The van der Waals surface area contributed by atoms with Gasteiger partial charge in [0, 0.05) is 30.8 Å². The number of thioether (sulfide) groups is 1. The molecule has 4 aromatic rings. The van der Waals surface area contributed by atoms with Gasteiger partial charge in [0.25, 0.3) is 0 Å². The molecule has 0 saturated carbocycles. The molecule has 0 bridgehead atoms. The fourth-order valence-electron chi connectivity index (χ4n) is 2.50. The first-order chi connectivity index (χ1) is 11.7. The monoisotopic (exact) mass is 355 g/mol. The molecule has 0 aliphatic rings. The van der Waals surface area contributed by atoms with Crippen molar-refractivity contribution in [1.82, 2.24) is 24.1 Å². The Morgan fingerprint density at radius 1 is 1.04 bits per heavy atom. The van der Waals surface area contributed by atoms with Crippen molar-refractivity contribution in [2.75, 3.05) is 0 Å². The largest absolute Gasteiger partial charge is 0.305 e. The van der Waals surface area contributed by atoms with Crippen LogP contribution in [0.5, 0.6) is 0 Å². The Kier molecular flexibility index (Phi) is 4.00. The van der Waals surface area contributed by atoms with Gasteiger partial charge in [-0.15, -0.1) is 10.2 Å². The van der Waals surface area contributed by atoms with Crippen LogP contribution in [-0.2, 0) is 12.8 Å². The van der Waals surface area contributed by atoms with Crippen molar-refractivity contribution in [3.63, 3.8) is 0 Å². The van der Waals surface area contributed by atoms with Crippen molar-refractivity contribution in [1.29, 1.82) is 0 Å². The minimum atomic E-state index is 0.694. The third kappa shape index (κ3) is 2.90. The highest BCUT2D eigenvalue weighted by Gasteiger charge is 2.12. The number of fused-ring (bicyclic) bond motifs is 1. The van der Waals surface area contributed by atoms with E-state index in [1.54, 1.807) is 11.8 Å². The standard InChI is InChI=1S/C17H14ClN5S/c1-22-16(12-5-3-2-4-6-12)20-21-17(22)24-11-14-10-23-9-13(18)7-8-15(23)19-14/h2-10H,11H2,1H3. The summed E-state index contributed by atoms with van der Waals surface area (Å²) in [5.74, 6) is 1.58. The van der Waals surface area contributed by atoms with Gasteiger partial charge in [0.15, 0.2) is 11.0 Å². The molecule has 5 nitrogen and oxygen atoms in total. The van der Waals surface area contributed by atoms with Gasteiger partial charge in [-0.3, -0.25) is 0 Å². The van der Waals surface area contributed by atoms with Crippen LogP contribution in [-0.4, -0.2) is 24.1 Å². The molecule has 24 heavy (non-hydrogen) atoms. The zero-order chi connectivity index (χ0) is 16.5. The summed E-state index contributed by atoms with van der Waals surface area (Å²) in [6.07, 6.45) is 3.84. The molecule has 0 radical (unpaired) electrons. The SMILES string of the molecule is Cn1c(SCc2cn3cc(Cl)ccc3n2)nnc1-c1ccccc1. The molecular formula is C17H14ClN5S. The molecule has 0 unspecified atom stereocenters. The van der Waals surface area contributed by atoms with Gasteiger partial charge >= 0.3 is 0 Å². The van der Waals surface area contributed by atoms with Crippen LogP contribution in [0, 0.1) is 0 Å². The lowest BCUT2D eigenvalue weighted by molar-refractivity contribution is 0.793. The number of nitrogens with zero attached hydrogens (tertiary/aromatic N) is 5. The summed E-state index contributed by atoms with van der Waals surface area (Å²) < 4.78 is 3.94. The molecule has 3 heterocycles. The van der Waals surface area contributed by atoms with E-state index in [0.717, 1.165) is 33.6 Å². The minimum absolute atomic E-state index is 0.694. The van der Waals surface area contributed by atoms with Crippen molar-refractivity contribution in [3.8, 4) is 11.4 Å². The average molecular weight is 356 g/mol. The molecule has 0 amide bonds. The zero-order valence-electron chi connectivity index (χ0n) is 12.9. The maximum Gasteiger partial charge on any atom is 0.191 e. The fourth-order valence-corrected chi connectivity index (χ4v) is 3.47. The van der Waals surface area contributed by atoms with Gasteiger partial charge in [-0.1, -0.05) is 53.7 Å². The highest BCUT2D eigenvalue weighted by Crippen LogP contribution is 2.25. The Balaban J connectivity index is 1.54. The predicted octanol–water partition coefficient (Wildman–Crippen LogP) is 4.08. The van der Waals surface area contributed by atoms with E-state index in [9.17, 15) is 0 Å². The number of benzene rings is 1. The molecule has 0 aliphatic heterocycles. The predicted molar refractivity (Wildman–Crippen MR) is 96.2 cm³/mol. The number of hydrogen-bond acceptors (Lipinski definition) is 4. The number of halogens is 1. The van der Waals surface area contributed by atoms with E-state index in [2.05, 4.69) is 15.2 Å². The average Bonchev–Trinajstić information content (AvgIpc) is 3.16. The second-order valence-electron chi connectivity index (χ2n) is 5.36. The van der Waals surface area contributed by atoms with Gasteiger partial charge in [-0.2, -0.15) is 0 Å². The van der Waals surface area contributed by atoms with E-state index in [-0.39, 0.29) is 0 Å². The number of hydrogen-bond donors (Lipinski definition) is 0. The lowest BCUT2D eigenvalue weighted by Gasteiger charge is -2.02. The Bertz CT molecular complexity index is 993. The van der Waals surface area contributed by atoms with Crippen LogP contribution >= 0.6 is 23.4 Å². The molecule has 0 aliphatic carbocycles. The second kappa shape index (κ2) is 6.30. The Hall–Kier alpha value is -2.31. The normalized spacial score (nSPS) is 11.2. The van der Waals surface area contributed by atoms with Crippen molar-refractivity contribution in [2.24, 2.45) is 7.05 Å². The Morgan fingerprint density at radius 3 is 2.71 bits per heavy atom. The quantitative estimate of drug-likeness (QED) is 0.518. The summed E-state index contributed by atoms with van der Waals surface area (Å²) in [7, 11) is 1.98. The lowest BCUT2D eigenvalue weighted by Crippen LogP contribution is -1.95. The van der Waals surface area contributed by atoms with Crippen LogP contribution in [0.3, 0.4) is 0 Å². The highest BCUT2D eigenvalue weighted by atomic mass is 35.5. The molecule has 0 fully saturated rings. The molecule has 1 aromatic carbocycles. The topological polar surface area (TPSA) is 48.0 Å². The fraction of sp³-hybridized carbons (Fsp3) is 0.118. The van der Waals surface area contributed by atoms with Crippen LogP contribution < -0.4 is 0 Å². The summed E-state index contributed by atoms with van der Waals surface area (Å²) in [6, 6.07) is 13.8. The van der Waals surface area contributed by atoms with Gasteiger partial charge in [-0.25, -0.2) is 4.98 Å². The zero-order valence-corrected chi connectivity index (χ0v) is 14.5. The molecule has 0 spiro atoms. The first-order valence-corrected chi connectivity index (χ1v) is 8.78. The molecule has 0 atom stereocenters. The van der Waals surface area contributed by atoms with Crippen molar-refractivity contribution in [2.45, 2.75) is 10.9 Å². The maximum atomic E-state index is 6.01. The molecule has 7 heteroatoms. The van der Waals surface area contributed by atoms with Gasteiger partial charge < -0.3 is 8.97 Å². The molecule has 120 valence electrons. The number of imidazole rings is 1.